The fourth-order valence-corrected chi connectivity index (χ4v) is 3.30. The Morgan fingerprint density at radius 1 is 1.21 bits per heavy atom. The Kier molecular flexibility index (Phi) is 6.55. The van der Waals surface area contributed by atoms with E-state index in [0.29, 0.717) is 16.5 Å². The van der Waals surface area contributed by atoms with Crippen LogP contribution in [0, 0.1) is 5.82 Å². The van der Waals surface area contributed by atoms with E-state index in [1.807, 2.05) is 6.92 Å². The van der Waals surface area contributed by atoms with Gasteiger partial charge in [-0.1, -0.05) is 30.0 Å². The summed E-state index contributed by atoms with van der Waals surface area (Å²) in [5.41, 5.74) is 2.08. The van der Waals surface area contributed by atoms with E-state index in [0.717, 1.165) is 5.56 Å². The van der Waals surface area contributed by atoms with Gasteiger partial charge in [-0.25, -0.2) is 4.39 Å². The number of aromatic nitrogens is 4. The lowest BCUT2D eigenvalue weighted by atomic mass is 10.1. The first-order chi connectivity index (χ1) is 13.9. The number of benzene rings is 2. The van der Waals surface area contributed by atoms with Crippen LogP contribution in [0.15, 0.2) is 53.7 Å². The highest BCUT2D eigenvalue weighted by molar-refractivity contribution is 7.99. The Bertz CT molecular complexity index is 1010. The minimum absolute atomic E-state index is 0.108. The van der Waals surface area contributed by atoms with Crippen molar-refractivity contribution in [1.82, 2.24) is 25.5 Å². The van der Waals surface area contributed by atoms with Gasteiger partial charge in [-0.2, -0.15) is 4.68 Å². The average molecular weight is 414 g/mol. The standard InChI is InChI=1S/C19H19FN6O2S/c1-12(14-6-8-15(20)9-7-14)21-18(28)11-29-19-23-24-25-26(19)17-5-3-4-16(10-17)22-13(2)27/h3-10,12H,11H2,1-2H3,(H,21,28)(H,22,27). The van der Waals surface area contributed by atoms with Gasteiger partial charge >= 0.3 is 0 Å². The predicted octanol–water partition coefficient (Wildman–Crippen LogP) is 2.73. The molecule has 1 heterocycles. The molecule has 1 aromatic heterocycles. The van der Waals surface area contributed by atoms with Crippen LogP contribution in [0.3, 0.4) is 0 Å². The summed E-state index contributed by atoms with van der Waals surface area (Å²) in [5, 5.41) is 17.6. The molecule has 8 nitrogen and oxygen atoms in total. The molecule has 0 saturated carbocycles. The minimum atomic E-state index is -0.322. The smallest absolute Gasteiger partial charge is 0.230 e. The molecule has 2 N–H and O–H groups in total. The highest BCUT2D eigenvalue weighted by Crippen LogP contribution is 2.21. The number of tetrazole rings is 1. The number of hydrogen-bond acceptors (Lipinski definition) is 6. The Morgan fingerprint density at radius 2 is 1.97 bits per heavy atom. The van der Waals surface area contributed by atoms with Crippen LogP contribution in [-0.2, 0) is 9.59 Å². The van der Waals surface area contributed by atoms with Gasteiger partial charge in [0.2, 0.25) is 17.0 Å². The first kappa shape index (κ1) is 20.5. The van der Waals surface area contributed by atoms with E-state index >= 15 is 0 Å². The van der Waals surface area contributed by atoms with Crippen molar-refractivity contribution in [3.63, 3.8) is 0 Å². The summed E-state index contributed by atoms with van der Waals surface area (Å²) in [4.78, 5) is 23.5. The van der Waals surface area contributed by atoms with E-state index in [1.165, 1.54) is 35.5 Å². The largest absolute Gasteiger partial charge is 0.349 e. The van der Waals surface area contributed by atoms with Crippen molar-refractivity contribution in [3.8, 4) is 5.69 Å². The van der Waals surface area contributed by atoms with Gasteiger partial charge in [-0.15, -0.1) is 5.10 Å². The zero-order valence-electron chi connectivity index (χ0n) is 15.8. The number of hydrogen-bond donors (Lipinski definition) is 2. The number of halogens is 1. The zero-order valence-corrected chi connectivity index (χ0v) is 16.6. The van der Waals surface area contributed by atoms with Crippen molar-refractivity contribution in [2.24, 2.45) is 0 Å². The number of carbonyl (C=O) groups excluding carboxylic acids is 2. The molecule has 0 saturated heterocycles. The maximum atomic E-state index is 13.0. The Balaban J connectivity index is 1.62. The molecule has 0 radical (unpaired) electrons. The summed E-state index contributed by atoms with van der Waals surface area (Å²) in [6, 6.07) is 12.8. The second kappa shape index (κ2) is 9.28. The zero-order chi connectivity index (χ0) is 20.8. The monoisotopic (exact) mass is 414 g/mol. The third kappa shape index (κ3) is 5.61. The summed E-state index contributed by atoms with van der Waals surface area (Å²) in [6.07, 6.45) is 0. The quantitative estimate of drug-likeness (QED) is 0.577. The number of nitrogens with zero attached hydrogens (tertiary/aromatic N) is 4. The van der Waals surface area contributed by atoms with Crippen LogP contribution in [0.4, 0.5) is 10.1 Å². The Hall–Kier alpha value is -3.27. The number of nitrogens with one attached hydrogen (secondary N) is 2. The molecule has 2 amide bonds. The molecule has 10 heteroatoms. The molecule has 1 atom stereocenters. The molecule has 29 heavy (non-hydrogen) atoms. The molecule has 150 valence electrons. The molecule has 1 unspecified atom stereocenters. The van der Waals surface area contributed by atoms with Crippen molar-refractivity contribution in [3.05, 3.63) is 59.9 Å². The van der Waals surface area contributed by atoms with Gasteiger partial charge in [-0.05, 0) is 53.2 Å². The maximum absolute atomic E-state index is 13.0. The van der Waals surface area contributed by atoms with Crippen molar-refractivity contribution in [2.75, 3.05) is 11.1 Å². The van der Waals surface area contributed by atoms with Crippen LogP contribution in [0.25, 0.3) is 5.69 Å². The van der Waals surface area contributed by atoms with Gasteiger partial charge in [0, 0.05) is 12.6 Å². The van der Waals surface area contributed by atoms with Crippen LogP contribution >= 0.6 is 11.8 Å². The van der Waals surface area contributed by atoms with Crippen LogP contribution < -0.4 is 10.6 Å². The van der Waals surface area contributed by atoms with E-state index in [2.05, 4.69) is 26.2 Å². The van der Waals surface area contributed by atoms with Gasteiger partial charge in [0.1, 0.15) is 5.82 Å². The molecule has 0 aliphatic heterocycles. The Morgan fingerprint density at radius 3 is 2.69 bits per heavy atom. The highest BCUT2D eigenvalue weighted by Gasteiger charge is 2.14. The topological polar surface area (TPSA) is 102 Å². The van der Waals surface area contributed by atoms with Crippen LogP contribution in [0.5, 0.6) is 0 Å². The molecule has 3 rings (SSSR count). The first-order valence-electron chi connectivity index (χ1n) is 8.76. The number of anilines is 1. The van der Waals surface area contributed by atoms with Gasteiger partial charge in [0.15, 0.2) is 0 Å². The molecular formula is C19H19FN6O2S. The average Bonchev–Trinajstić information content (AvgIpc) is 3.15. The normalized spacial score (nSPS) is 11.7. The van der Waals surface area contributed by atoms with Crippen LogP contribution in [0.2, 0.25) is 0 Å². The second-order valence-corrected chi connectivity index (χ2v) is 7.18. The summed E-state index contributed by atoms with van der Waals surface area (Å²) in [7, 11) is 0. The number of carbonyl (C=O) groups is 2. The van der Waals surface area contributed by atoms with E-state index < -0.39 is 0 Å². The second-order valence-electron chi connectivity index (χ2n) is 6.23. The molecule has 0 aliphatic carbocycles. The van der Waals surface area contributed by atoms with E-state index in [-0.39, 0.29) is 29.4 Å². The lowest BCUT2D eigenvalue weighted by Gasteiger charge is -2.14. The van der Waals surface area contributed by atoms with Gasteiger partial charge < -0.3 is 10.6 Å². The lowest BCUT2D eigenvalue weighted by molar-refractivity contribution is -0.119. The minimum Gasteiger partial charge on any atom is -0.349 e. The number of thioether (sulfide) groups is 1. The molecule has 3 aromatic rings. The van der Waals surface area contributed by atoms with Crippen LogP contribution in [-0.4, -0.2) is 37.8 Å². The number of amides is 2. The molecule has 0 aliphatic rings. The summed E-state index contributed by atoms with van der Waals surface area (Å²) in [6.45, 7) is 3.25. The van der Waals surface area contributed by atoms with Crippen molar-refractivity contribution < 1.29 is 14.0 Å². The predicted molar refractivity (Wildman–Crippen MR) is 107 cm³/mol. The summed E-state index contributed by atoms with van der Waals surface area (Å²) in [5.74, 6) is -0.594. The molecular weight excluding hydrogens is 395 g/mol. The van der Waals surface area contributed by atoms with Gasteiger partial charge in [-0.3, -0.25) is 9.59 Å². The van der Waals surface area contributed by atoms with Crippen LogP contribution in [0.1, 0.15) is 25.5 Å². The fourth-order valence-electron chi connectivity index (χ4n) is 2.60. The third-order valence-electron chi connectivity index (χ3n) is 3.93. The molecule has 0 bridgehead atoms. The van der Waals surface area contributed by atoms with E-state index in [9.17, 15) is 14.0 Å². The molecule has 2 aromatic carbocycles. The van der Waals surface area contributed by atoms with Gasteiger partial charge in [0.05, 0.1) is 17.5 Å². The summed E-state index contributed by atoms with van der Waals surface area (Å²) < 4.78 is 14.5. The Labute approximate surface area is 170 Å². The maximum Gasteiger partial charge on any atom is 0.230 e. The number of rotatable bonds is 7. The van der Waals surface area contributed by atoms with Gasteiger partial charge in [0.25, 0.3) is 0 Å². The first-order valence-corrected chi connectivity index (χ1v) is 9.75. The summed E-state index contributed by atoms with van der Waals surface area (Å²) >= 11 is 1.18. The lowest BCUT2D eigenvalue weighted by Crippen LogP contribution is -2.28. The SMILES string of the molecule is CC(=O)Nc1cccc(-n2nnnc2SCC(=O)NC(C)c2ccc(F)cc2)c1. The van der Waals surface area contributed by atoms with Crippen molar-refractivity contribution in [2.45, 2.75) is 25.0 Å². The van der Waals surface area contributed by atoms with Crippen molar-refractivity contribution in [1.29, 1.82) is 0 Å². The van der Waals surface area contributed by atoms with E-state index in [1.54, 1.807) is 36.4 Å². The highest BCUT2D eigenvalue weighted by atomic mass is 32.2. The molecule has 0 fully saturated rings. The molecule has 0 spiro atoms. The van der Waals surface area contributed by atoms with E-state index in [4.69, 9.17) is 0 Å². The van der Waals surface area contributed by atoms with Crippen molar-refractivity contribution >= 4 is 29.3 Å². The fraction of sp³-hybridized carbons (Fsp3) is 0.211. The third-order valence-corrected chi connectivity index (χ3v) is 4.85.